The van der Waals surface area contributed by atoms with Gasteiger partial charge >= 0.3 is 51.4 Å². The summed E-state index contributed by atoms with van der Waals surface area (Å²) in [6, 6.07) is -0.390. The Kier molecular flexibility index (Phi) is 41.2. The van der Waals surface area contributed by atoms with Crippen molar-refractivity contribution in [3.05, 3.63) is 0 Å². The Labute approximate surface area is 308 Å². The molecule has 0 aromatic carbocycles. The molecule has 0 rings (SSSR count). The zero-order chi connectivity index (χ0) is 30.1. The molecule has 0 aromatic rings. The summed E-state index contributed by atoms with van der Waals surface area (Å²) >= 11 is 0. The van der Waals surface area contributed by atoms with Gasteiger partial charge < -0.3 is 9.90 Å². The third kappa shape index (κ3) is 32.5. The van der Waals surface area contributed by atoms with E-state index in [1.165, 1.54) is 167 Å². The molecule has 0 aliphatic carbocycles. The van der Waals surface area contributed by atoms with E-state index in [-0.39, 0.29) is 57.4 Å². The molecule has 0 N–H and O–H groups in total. The number of hydrogen-bond acceptors (Lipinski definition) is 3. The number of rotatable bonds is 35. The summed E-state index contributed by atoms with van der Waals surface area (Å²) in [6.07, 6.45) is 40.9. The Morgan fingerprint density at radius 1 is 0.429 bits per heavy atom. The molecule has 0 aromatic heterocycles. The normalized spacial score (nSPS) is 12.1. The summed E-state index contributed by atoms with van der Waals surface area (Å²) in [7, 11) is 0. The molecule has 0 fully saturated rings. The predicted molar refractivity (Wildman–Crippen MR) is 181 cm³/mol. The van der Waals surface area contributed by atoms with Crippen molar-refractivity contribution >= 4 is 5.97 Å². The van der Waals surface area contributed by atoms with Gasteiger partial charge in [0.25, 0.3) is 0 Å². The maximum absolute atomic E-state index is 12.0. The standard InChI is InChI=1S/C38H77NO2.K/c1-4-7-10-12-14-16-18-20-22-24-26-28-30-32-35-39(37(38(40)41)34-9-6-3)36-33-31-29-27-25-23-21-19-17-15-13-11-8-5-2;/h37H,4-36H2,1-3H3,(H,40,41);/q;+1/p-1. The Balaban J connectivity index is 0. The SMILES string of the molecule is CCCCCCCCCCCCCCCCN(CCCCCCCCCCCCCCCC)C(CCCC)C(=O)[O-].[K+]. The summed E-state index contributed by atoms with van der Waals surface area (Å²) in [5.41, 5.74) is 0. The van der Waals surface area contributed by atoms with Crippen LogP contribution >= 0.6 is 0 Å². The van der Waals surface area contributed by atoms with Crippen molar-refractivity contribution in [2.45, 2.75) is 226 Å². The van der Waals surface area contributed by atoms with Crippen LogP contribution in [0.4, 0.5) is 0 Å². The van der Waals surface area contributed by atoms with E-state index in [0.29, 0.717) is 0 Å². The molecule has 1 unspecified atom stereocenters. The number of aliphatic carboxylic acids is 1. The zero-order valence-electron chi connectivity index (χ0n) is 29.7. The molecule has 246 valence electrons. The number of nitrogens with zero attached hydrogens (tertiary/aromatic N) is 1. The second-order valence-corrected chi connectivity index (χ2v) is 13.2. The summed E-state index contributed by atoms with van der Waals surface area (Å²) in [5, 5.41) is 12.0. The van der Waals surface area contributed by atoms with Gasteiger partial charge in [0.15, 0.2) is 0 Å². The van der Waals surface area contributed by atoms with Crippen LogP contribution in [0.15, 0.2) is 0 Å². The summed E-state index contributed by atoms with van der Waals surface area (Å²) in [6.45, 7) is 8.58. The van der Waals surface area contributed by atoms with Crippen LogP contribution in [0.1, 0.15) is 220 Å². The summed E-state index contributed by atoms with van der Waals surface area (Å²) < 4.78 is 0. The topological polar surface area (TPSA) is 43.4 Å². The minimum Gasteiger partial charge on any atom is -0.548 e. The smallest absolute Gasteiger partial charge is 0.548 e. The van der Waals surface area contributed by atoms with Crippen molar-refractivity contribution in [1.82, 2.24) is 4.90 Å². The Morgan fingerprint density at radius 3 is 0.905 bits per heavy atom. The molecule has 3 nitrogen and oxygen atoms in total. The minimum absolute atomic E-state index is 0. The van der Waals surface area contributed by atoms with Crippen molar-refractivity contribution in [1.29, 1.82) is 0 Å². The van der Waals surface area contributed by atoms with Crippen molar-refractivity contribution in [2.24, 2.45) is 0 Å². The molecule has 1 atom stereocenters. The fraction of sp³-hybridized carbons (Fsp3) is 0.974. The van der Waals surface area contributed by atoms with Gasteiger partial charge in [-0.25, -0.2) is 0 Å². The van der Waals surface area contributed by atoms with Crippen molar-refractivity contribution in [2.75, 3.05) is 13.1 Å². The van der Waals surface area contributed by atoms with Gasteiger partial charge in [-0.15, -0.1) is 0 Å². The summed E-state index contributed by atoms with van der Waals surface area (Å²) in [5.74, 6) is -0.853. The van der Waals surface area contributed by atoms with E-state index in [9.17, 15) is 9.90 Å². The largest absolute Gasteiger partial charge is 1.00 e. The van der Waals surface area contributed by atoms with Crippen LogP contribution in [0.25, 0.3) is 0 Å². The van der Waals surface area contributed by atoms with Crippen LogP contribution in [-0.2, 0) is 4.79 Å². The van der Waals surface area contributed by atoms with Gasteiger partial charge in [0.2, 0.25) is 0 Å². The van der Waals surface area contributed by atoms with Gasteiger partial charge in [-0.2, -0.15) is 0 Å². The molecule has 0 saturated heterocycles. The first-order valence-electron chi connectivity index (χ1n) is 19.1. The Bertz CT molecular complexity index is 483. The quantitative estimate of drug-likeness (QED) is 0.0529. The monoisotopic (exact) mass is 618 g/mol. The van der Waals surface area contributed by atoms with E-state index in [1.807, 2.05) is 0 Å². The maximum Gasteiger partial charge on any atom is 1.00 e. The van der Waals surface area contributed by atoms with Gasteiger partial charge in [0.1, 0.15) is 0 Å². The van der Waals surface area contributed by atoms with Crippen LogP contribution in [-0.4, -0.2) is 30.0 Å². The van der Waals surface area contributed by atoms with Crippen LogP contribution in [0, 0.1) is 0 Å². The molecular formula is C38H76KNO2. The van der Waals surface area contributed by atoms with E-state index in [2.05, 4.69) is 25.7 Å². The number of carboxylic acid groups (broad SMARTS) is 1. The van der Waals surface area contributed by atoms with Gasteiger partial charge in [0.05, 0.1) is 5.97 Å². The van der Waals surface area contributed by atoms with Gasteiger partial charge in [-0.1, -0.05) is 201 Å². The number of unbranched alkanes of at least 4 members (excludes halogenated alkanes) is 27. The van der Waals surface area contributed by atoms with Crippen molar-refractivity contribution in [3.63, 3.8) is 0 Å². The molecule has 0 spiro atoms. The Hall–Kier alpha value is 1.07. The van der Waals surface area contributed by atoms with Crippen LogP contribution in [0.2, 0.25) is 0 Å². The van der Waals surface area contributed by atoms with Gasteiger partial charge in [0, 0.05) is 6.04 Å². The molecule has 0 radical (unpaired) electrons. The van der Waals surface area contributed by atoms with Crippen LogP contribution in [0.3, 0.4) is 0 Å². The van der Waals surface area contributed by atoms with E-state index >= 15 is 0 Å². The molecule has 0 heterocycles. The fourth-order valence-electron chi connectivity index (χ4n) is 6.29. The predicted octanol–water partition coefficient (Wildman–Crippen LogP) is 8.56. The van der Waals surface area contributed by atoms with Crippen molar-refractivity contribution < 1.29 is 61.3 Å². The van der Waals surface area contributed by atoms with Gasteiger partial charge in [-0.3, -0.25) is 4.90 Å². The van der Waals surface area contributed by atoms with E-state index in [0.717, 1.165) is 45.2 Å². The van der Waals surface area contributed by atoms with Crippen LogP contribution in [0.5, 0.6) is 0 Å². The number of carbonyl (C=O) groups excluding carboxylic acids is 1. The molecule has 0 bridgehead atoms. The summed E-state index contributed by atoms with van der Waals surface area (Å²) in [4.78, 5) is 14.3. The molecule has 0 aliphatic heterocycles. The van der Waals surface area contributed by atoms with Crippen LogP contribution < -0.4 is 56.5 Å². The first-order chi connectivity index (χ1) is 20.2. The average molecular weight is 618 g/mol. The zero-order valence-corrected chi connectivity index (χ0v) is 32.8. The molecule has 0 saturated carbocycles. The fourth-order valence-corrected chi connectivity index (χ4v) is 6.29. The molecular weight excluding hydrogens is 542 g/mol. The number of carboxylic acids is 1. The van der Waals surface area contributed by atoms with E-state index in [1.54, 1.807) is 0 Å². The molecule has 0 aliphatic rings. The Morgan fingerprint density at radius 2 is 0.667 bits per heavy atom. The minimum atomic E-state index is -0.853. The first kappa shape index (κ1) is 45.2. The number of hydrogen-bond donors (Lipinski definition) is 0. The molecule has 4 heteroatoms. The average Bonchev–Trinajstić information content (AvgIpc) is 2.97. The second-order valence-electron chi connectivity index (χ2n) is 13.2. The molecule has 0 amide bonds. The van der Waals surface area contributed by atoms with E-state index in [4.69, 9.17) is 0 Å². The first-order valence-corrected chi connectivity index (χ1v) is 19.1. The third-order valence-corrected chi connectivity index (χ3v) is 9.14. The van der Waals surface area contributed by atoms with E-state index < -0.39 is 5.97 Å². The second kappa shape index (κ2) is 38.2. The van der Waals surface area contributed by atoms with Gasteiger partial charge in [-0.05, 0) is 32.4 Å². The third-order valence-electron chi connectivity index (χ3n) is 9.14. The molecule has 42 heavy (non-hydrogen) atoms. The maximum atomic E-state index is 12.0. The van der Waals surface area contributed by atoms with Crippen molar-refractivity contribution in [3.8, 4) is 0 Å². The number of carbonyl (C=O) groups is 1.